The molecule has 3 rings (SSSR count). The van der Waals surface area contributed by atoms with Crippen molar-refractivity contribution in [1.82, 2.24) is 0 Å². The van der Waals surface area contributed by atoms with Gasteiger partial charge in [0.1, 0.15) is 0 Å². The molecule has 114 valence electrons. The molecule has 0 saturated heterocycles. The second kappa shape index (κ2) is 9.33. The van der Waals surface area contributed by atoms with Gasteiger partial charge in [0.05, 0.1) is 0 Å². The van der Waals surface area contributed by atoms with Gasteiger partial charge in [0.25, 0.3) is 0 Å². The SMILES string of the molecule is CC.CC1CC1.CCCC(=O)c1cccc2ccccc12. The lowest BCUT2D eigenvalue weighted by atomic mass is 9.99. The molecule has 1 nitrogen and oxygen atoms in total. The first-order valence-corrected chi connectivity index (χ1v) is 8.23. The third-order valence-electron chi connectivity index (χ3n) is 3.43. The zero-order valence-corrected chi connectivity index (χ0v) is 13.9. The Morgan fingerprint density at radius 2 is 1.62 bits per heavy atom. The highest BCUT2D eigenvalue weighted by Gasteiger charge is 2.12. The lowest BCUT2D eigenvalue weighted by molar-refractivity contribution is 0.0983. The van der Waals surface area contributed by atoms with Crippen LogP contribution in [0.4, 0.5) is 0 Å². The molecule has 0 radical (unpaired) electrons. The third kappa shape index (κ3) is 5.71. The largest absolute Gasteiger partial charge is 0.294 e. The van der Waals surface area contributed by atoms with E-state index in [1.807, 2.05) is 63.2 Å². The van der Waals surface area contributed by atoms with Crippen molar-refractivity contribution in [1.29, 1.82) is 0 Å². The second-order valence-corrected chi connectivity index (χ2v) is 5.38. The highest BCUT2D eigenvalue weighted by atomic mass is 16.1. The molecule has 0 N–H and O–H groups in total. The van der Waals surface area contributed by atoms with Gasteiger partial charge in [-0.2, -0.15) is 0 Å². The summed E-state index contributed by atoms with van der Waals surface area (Å²) in [6.45, 7) is 8.31. The van der Waals surface area contributed by atoms with Crippen LogP contribution in [0, 0.1) is 5.92 Å². The number of carbonyl (C=O) groups excluding carboxylic acids is 1. The van der Waals surface area contributed by atoms with E-state index < -0.39 is 0 Å². The number of benzene rings is 2. The fourth-order valence-corrected chi connectivity index (χ4v) is 2.00. The number of rotatable bonds is 3. The summed E-state index contributed by atoms with van der Waals surface area (Å²) in [7, 11) is 0. The summed E-state index contributed by atoms with van der Waals surface area (Å²) >= 11 is 0. The van der Waals surface area contributed by atoms with Crippen LogP contribution in [0.15, 0.2) is 42.5 Å². The van der Waals surface area contributed by atoms with Crippen molar-refractivity contribution in [3.8, 4) is 0 Å². The smallest absolute Gasteiger partial charge is 0.163 e. The molecular formula is C20H28O. The van der Waals surface area contributed by atoms with Crippen LogP contribution < -0.4 is 0 Å². The standard InChI is InChI=1S/C14H14O.C4H8.C2H6/c1-2-6-14(15)13-10-5-8-11-7-3-4-9-12(11)13;1-4-2-3-4;1-2/h3-5,7-10H,2,6H2,1H3;4H,2-3H2,1H3;1-2H3. The van der Waals surface area contributed by atoms with Gasteiger partial charge in [-0.1, -0.05) is 83.0 Å². The minimum atomic E-state index is 0.245. The second-order valence-electron chi connectivity index (χ2n) is 5.38. The van der Waals surface area contributed by atoms with Crippen molar-refractivity contribution in [3.63, 3.8) is 0 Å². The van der Waals surface area contributed by atoms with E-state index in [9.17, 15) is 4.79 Å². The van der Waals surface area contributed by atoms with Gasteiger partial charge in [0, 0.05) is 12.0 Å². The maximum Gasteiger partial charge on any atom is 0.163 e. The Kier molecular flexibility index (Phi) is 7.74. The van der Waals surface area contributed by atoms with Crippen molar-refractivity contribution in [2.24, 2.45) is 5.92 Å². The van der Waals surface area contributed by atoms with Crippen LogP contribution in [0.5, 0.6) is 0 Å². The lowest BCUT2D eigenvalue weighted by Gasteiger charge is -2.04. The molecule has 21 heavy (non-hydrogen) atoms. The molecule has 0 aliphatic heterocycles. The average Bonchev–Trinajstić information content (AvgIpc) is 3.32. The minimum Gasteiger partial charge on any atom is -0.294 e. The lowest BCUT2D eigenvalue weighted by Crippen LogP contribution is -1.98. The molecule has 1 aliphatic rings. The van der Waals surface area contributed by atoms with Crippen LogP contribution in [0.3, 0.4) is 0 Å². The maximum atomic E-state index is 11.9. The van der Waals surface area contributed by atoms with Crippen molar-refractivity contribution in [2.75, 3.05) is 0 Å². The quantitative estimate of drug-likeness (QED) is 0.607. The van der Waals surface area contributed by atoms with Gasteiger partial charge >= 0.3 is 0 Å². The first-order chi connectivity index (χ1) is 10.2. The fourth-order valence-electron chi connectivity index (χ4n) is 2.00. The Balaban J connectivity index is 0.000000310. The summed E-state index contributed by atoms with van der Waals surface area (Å²) in [5.41, 5.74) is 0.856. The van der Waals surface area contributed by atoms with Gasteiger partial charge < -0.3 is 0 Å². The van der Waals surface area contributed by atoms with Crippen molar-refractivity contribution < 1.29 is 4.79 Å². The van der Waals surface area contributed by atoms with Gasteiger partial charge in [0.2, 0.25) is 0 Å². The number of fused-ring (bicyclic) bond motifs is 1. The first kappa shape index (κ1) is 17.4. The average molecular weight is 284 g/mol. The van der Waals surface area contributed by atoms with Gasteiger partial charge in [-0.05, 0) is 23.1 Å². The predicted molar refractivity (Wildman–Crippen MR) is 92.9 cm³/mol. The van der Waals surface area contributed by atoms with E-state index in [1.54, 1.807) is 0 Å². The minimum absolute atomic E-state index is 0.245. The van der Waals surface area contributed by atoms with Gasteiger partial charge in [0.15, 0.2) is 5.78 Å². The normalized spacial score (nSPS) is 12.8. The molecule has 0 bridgehead atoms. The first-order valence-electron chi connectivity index (χ1n) is 8.23. The number of hydrogen-bond acceptors (Lipinski definition) is 1. The van der Waals surface area contributed by atoms with Crippen molar-refractivity contribution in [2.45, 2.75) is 53.4 Å². The van der Waals surface area contributed by atoms with Gasteiger partial charge in [-0.25, -0.2) is 0 Å². The molecular weight excluding hydrogens is 256 g/mol. The summed E-state index contributed by atoms with van der Waals surface area (Å²) in [6.07, 6.45) is 4.51. The Hall–Kier alpha value is -1.63. The predicted octanol–water partition coefficient (Wildman–Crippen LogP) is 6.27. The van der Waals surface area contributed by atoms with Crippen LogP contribution >= 0.6 is 0 Å². The van der Waals surface area contributed by atoms with Gasteiger partial charge in [-0.3, -0.25) is 4.79 Å². The van der Waals surface area contributed by atoms with E-state index in [2.05, 4.69) is 6.92 Å². The topological polar surface area (TPSA) is 17.1 Å². The van der Waals surface area contributed by atoms with Crippen molar-refractivity contribution in [3.05, 3.63) is 48.0 Å². The summed E-state index contributed by atoms with van der Waals surface area (Å²) < 4.78 is 0. The van der Waals surface area contributed by atoms with E-state index in [-0.39, 0.29) is 5.78 Å². The molecule has 0 unspecified atom stereocenters. The van der Waals surface area contributed by atoms with E-state index >= 15 is 0 Å². The molecule has 0 atom stereocenters. The Bertz CT molecular complexity index is 547. The van der Waals surface area contributed by atoms with E-state index in [1.165, 1.54) is 12.8 Å². The van der Waals surface area contributed by atoms with E-state index in [0.29, 0.717) is 6.42 Å². The zero-order valence-electron chi connectivity index (χ0n) is 13.9. The molecule has 1 saturated carbocycles. The highest BCUT2D eigenvalue weighted by molar-refractivity contribution is 6.08. The maximum absolute atomic E-state index is 11.9. The number of hydrogen-bond donors (Lipinski definition) is 0. The summed E-state index contributed by atoms with van der Waals surface area (Å²) in [6, 6.07) is 13.9. The molecule has 2 aromatic rings. The van der Waals surface area contributed by atoms with E-state index in [0.717, 1.165) is 28.7 Å². The van der Waals surface area contributed by atoms with Crippen molar-refractivity contribution >= 4 is 16.6 Å². The highest BCUT2D eigenvalue weighted by Crippen LogP contribution is 2.26. The number of Topliss-reactive ketones (excluding diaryl/α,β-unsaturated/α-hetero) is 1. The molecule has 1 heteroatoms. The molecule has 0 spiro atoms. The molecule has 2 aromatic carbocycles. The Morgan fingerprint density at radius 3 is 2.19 bits per heavy atom. The summed E-state index contributed by atoms with van der Waals surface area (Å²) in [5.74, 6) is 1.33. The summed E-state index contributed by atoms with van der Waals surface area (Å²) in [4.78, 5) is 11.9. The molecule has 0 amide bonds. The zero-order chi connectivity index (χ0) is 15.7. The number of ketones is 1. The van der Waals surface area contributed by atoms with Crippen LogP contribution in [-0.2, 0) is 0 Å². The van der Waals surface area contributed by atoms with Crippen LogP contribution in [-0.4, -0.2) is 5.78 Å². The molecule has 1 fully saturated rings. The molecule has 0 aromatic heterocycles. The monoisotopic (exact) mass is 284 g/mol. The van der Waals surface area contributed by atoms with Crippen LogP contribution in [0.25, 0.3) is 10.8 Å². The Labute approximate surface area is 129 Å². The molecule has 1 aliphatic carbocycles. The van der Waals surface area contributed by atoms with E-state index in [4.69, 9.17) is 0 Å². The Morgan fingerprint density at radius 1 is 1.05 bits per heavy atom. The summed E-state index contributed by atoms with van der Waals surface area (Å²) in [5, 5.41) is 2.21. The van der Waals surface area contributed by atoms with Crippen LogP contribution in [0.1, 0.15) is 63.7 Å². The third-order valence-corrected chi connectivity index (χ3v) is 3.43. The number of carbonyl (C=O) groups is 1. The fraction of sp³-hybridized carbons (Fsp3) is 0.450. The van der Waals surface area contributed by atoms with Gasteiger partial charge in [-0.15, -0.1) is 0 Å². The molecule has 0 heterocycles. The van der Waals surface area contributed by atoms with Crippen LogP contribution in [0.2, 0.25) is 0 Å².